The van der Waals surface area contributed by atoms with Gasteiger partial charge in [-0.05, 0) is 41.5 Å². The van der Waals surface area contributed by atoms with Crippen molar-refractivity contribution in [1.29, 1.82) is 0 Å². The molecule has 0 fully saturated rings. The van der Waals surface area contributed by atoms with E-state index in [1.165, 1.54) is 15.0 Å². The molecule has 106 valence electrons. The molecule has 1 atom stereocenters. The minimum Gasteiger partial charge on any atom is -0.493 e. The molecule has 3 heterocycles. The van der Waals surface area contributed by atoms with Crippen LogP contribution < -0.4 is 4.74 Å². The van der Waals surface area contributed by atoms with Gasteiger partial charge in [0.25, 0.3) is 0 Å². The van der Waals surface area contributed by atoms with Gasteiger partial charge in [0.1, 0.15) is 5.75 Å². The summed E-state index contributed by atoms with van der Waals surface area (Å²) in [4.78, 5) is 13.5. The van der Waals surface area contributed by atoms with Gasteiger partial charge in [-0.2, -0.15) is 0 Å². The van der Waals surface area contributed by atoms with Crippen molar-refractivity contribution >= 4 is 37.9 Å². The summed E-state index contributed by atoms with van der Waals surface area (Å²) in [7, 11) is 0. The second-order valence-corrected chi connectivity index (χ2v) is 7.29. The quantitative estimate of drug-likeness (QED) is 0.629. The zero-order valence-corrected chi connectivity index (χ0v) is 13.0. The van der Waals surface area contributed by atoms with Gasteiger partial charge >= 0.3 is 0 Å². The Labute approximate surface area is 131 Å². The average Bonchev–Trinajstić information content (AvgIpc) is 3.09. The lowest BCUT2D eigenvalue weighted by molar-refractivity contribution is 0.0970. The predicted octanol–water partition coefficient (Wildman–Crippen LogP) is 5.10. The minimum absolute atomic E-state index is 0.255. The summed E-state index contributed by atoms with van der Waals surface area (Å²) in [5.74, 6) is 1.47. The second-order valence-electron chi connectivity index (χ2n) is 5.26. The van der Waals surface area contributed by atoms with Crippen molar-refractivity contribution < 1.29 is 9.53 Å². The molecule has 1 unspecified atom stereocenters. The number of thiophene rings is 2. The van der Waals surface area contributed by atoms with Crippen LogP contribution in [-0.4, -0.2) is 12.4 Å². The van der Waals surface area contributed by atoms with Crippen molar-refractivity contribution in [2.45, 2.75) is 18.8 Å². The summed E-state index contributed by atoms with van der Waals surface area (Å²) in [5.41, 5.74) is 1.18. The van der Waals surface area contributed by atoms with E-state index in [-0.39, 0.29) is 11.7 Å². The maximum absolute atomic E-state index is 12.6. The molecular formula is C17H14O2S2. The fourth-order valence-corrected chi connectivity index (χ4v) is 4.91. The average molecular weight is 314 g/mol. The fraction of sp³-hybridized carbons (Fsp3) is 0.235. The van der Waals surface area contributed by atoms with Gasteiger partial charge in [-0.1, -0.05) is 18.2 Å². The summed E-state index contributed by atoms with van der Waals surface area (Å²) in [6, 6.07) is 12.2. The SMILES string of the molecule is O=C(CC1CCOc2ccccc21)c1cc2sccc2s1. The summed E-state index contributed by atoms with van der Waals surface area (Å²) in [6.07, 6.45) is 1.50. The molecule has 3 aromatic rings. The Balaban J connectivity index is 1.59. The van der Waals surface area contributed by atoms with Gasteiger partial charge in [-0.15, -0.1) is 22.7 Å². The number of carbonyl (C=O) groups excluding carboxylic acids is 1. The number of hydrogen-bond donors (Lipinski definition) is 0. The van der Waals surface area contributed by atoms with Crippen molar-refractivity contribution in [3.8, 4) is 5.75 Å². The van der Waals surface area contributed by atoms with E-state index in [2.05, 4.69) is 17.5 Å². The Bertz CT molecular complexity index is 771. The van der Waals surface area contributed by atoms with E-state index in [4.69, 9.17) is 4.74 Å². The fourth-order valence-electron chi connectivity index (χ4n) is 2.86. The third-order valence-corrected chi connectivity index (χ3v) is 6.06. The van der Waals surface area contributed by atoms with Gasteiger partial charge in [0.05, 0.1) is 11.5 Å². The molecule has 2 aromatic heterocycles. The number of rotatable bonds is 3. The molecule has 1 aromatic carbocycles. The maximum Gasteiger partial charge on any atom is 0.173 e. The normalized spacial score (nSPS) is 17.4. The van der Waals surface area contributed by atoms with Crippen LogP contribution in [0.1, 0.15) is 34.0 Å². The number of ketones is 1. The van der Waals surface area contributed by atoms with E-state index in [1.54, 1.807) is 22.7 Å². The number of benzene rings is 1. The van der Waals surface area contributed by atoms with Gasteiger partial charge in [-0.25, -0.2) is 0 Å². The molecule has 0 radical (unpaired) electrons. The number of hydrogen-bond acceptors (Lipinski definition) is 4. The highest BCUT2D eigenvalue weighted by Gasteiger charge is 2.24. The van der Waals surface area contributed by atoms with E-state index >= 15 is 0 Å². The van der Waals surface area contributed by atoms with Crippen LogP contribution in [0.4, 0.5) is 0 Å². The first-order valence-electron chi connectivity index (χ1n) is 7.03. The number of Topliss-reactive ketones (excluding diaryl/α,β-unsaturated/α-hetero) is 1. The summed E-state index contributed by atoms with van der Waals surface area (Å²) in [6.45, 7) is 0.703. The Morgan fingerprint density at radius 1 is 1.24 bits per heavy atom. The van der Waals surface area contributed by atoms with Crippen LogP contribution in [0, 0.1) is 0 Å². The molecule has 0 spiro atoms. The molecule has 0 N–H and O–H groups in total. The number of ether oxygens (including phenoxy) is 1. The highest BCUT2D eigenvalue weighted by molar-refractivity contribution is 7.27. The molecule has 0 amide bonds. The van der Waals surface area contributed by atoms with E-state index < -0.39 is 0 Å². The van der Waals surface area contributed by atoms with Crippen molar-refractivity contribution in [2.75, 3.05) is 6.61 Å². The molecule has 0 bridgehead atoms. The highest BCUT2D eigenvalue weighted by atomic mass is 32.1. The summed E-state index contributed by atoms with van der Waals surface area (Å²) in [5, 5.41) is 2.07. The third-order valence-electron chi connectivity index (χ3n) is 3.93. The molecule has 4 rings (SSSR count). The largest absolute Gasteiger partial charge is 0.493 e. The van der Waals surface area contributed by atoms with Gasteiger partial charge in [0.2, 0.25) is 0 Å². The number of carbonyl (C=O) groups is 1. The van der Waals surface area contributed by atoms with Crippen LogP contribution in [0.5, 0.6) is 5.75 Å². The minimum atomic E-state index is 0.255. The lowest BCUT2D eigenvalue weighted by atomic mass is 9.88. The van der Waals surface area contributed by atoms with Crippen LogP contribution in [0.3, 0.4) is 0 Å². The summed E-state index contributed by atoms with van der Waals surface area (Å²) >= 11 is 3.31. The molecule has 0 saturated heterocycles. The Morgan fingerprint density at radius 3 is 3.05 bits per heavy atom. The predicted molar refractivity (Wildman–Crippen MR) is 87.9 cm³/mol. The molecule has 21 heavy (non-hydrogen) atoms. The van der Waals surface area contributed by atoms with Crippen molar-refractivity contribution in [3.63, 3.8) is 0 Å². The van der Waals surface area contributed by atoms with Crippen LogP contribution in [-0.2, 0) is 0 Å². The second kappa shape index (κ2) is 5.28. The first-order chi connectivity index (χ1) is 10.3. The standard InChI is InChI=1S/C17H14O2S2/c18-13(16-10-17-15(21-16)6-8-20-17)9-11-5-7-19-14-4-2-1-3-12(11)14/h1-4,6,8,10-11H,5,7,9H2. The number of fused-ring (bicyclic) bond motifs is 2. The van der Waals surface area contributed by atoms with Gasteiger partial charge < -0.3 is 4.74 Å². The zero-order valence-electron chi connectivity index (χ0n) is 11.4. The van der Waals surface area contributed by atoms with E-state index in [1.807, 2.05) is 24.3 Å². The van der Waals surface area contributed by atoms with E-state index in [9.17, 15) is 4.79 Å². The maximum atomic E-state index is 12.6. The molecule has 0 aliphatic carbocycles. The van der Waals surface area contributed by atoms with Gasteiger partial charge in [0.15, 0.2) is 5.78 Å². The van der Waals surface area contributed by atoms with Gasteiger partial charge in [-0.3, -0.25) is 4.79 Å². The molecule has 0 saturated carbocycles. The van der Waals surface area contributed by atoms with Crippen LogP contribution in [0.2, 0.25) is 0 Å². The summed E-state index contributed by atoms with van der Waals surface area (Å²) < 4.78 is 8.11. The monoisotopic (exact) mass is 314 g/mol. The highest BCUT2D eigenvalue weighted by Crippen LogP contribution is 2.37. The Morgan fingerprint density at radius 2 is 2.14 bits per heavy atom. The van der Waals surface area contributed by atoms with Crippen LogP contribution in [0.15, 0.2) is 41.8 Å². The van der Waals surface area contributed by atoms with Crippen LogP contribution >= 0.6 is 22.7 Å². The van der Waals surface area contributed by atoms with Gasteiger partial charge in [0, 0.05) is 15.8 Å². The van der Waals surface area contributed by atoms with E-state index in [0.29, 0.717) is 13.0 Å². The molecule has 1 aliphatic heterocycles. The zero-order chi connectivity index (χ0) is 14.2. The van der Waals surface area contributed by atoms with Crippen molar-refractivity contribution in [2.24, 2.45) is 0 Å². The van der Waals surface area contributed by atoms with Crippen LogP contribution in [0.25, 0.3) is 9.40 Å². The molecule has 2 nitrogen and oxygen atoms in total. The van der Waals surface area contributed by atoms with E-state index in [0.717, 1.165) is 17.0 Å². The lowest BCUT2D eigenvalue weighted by Crippen LogP contribution is -2.16. The molecular weight excluding hydrogens is 300 g/mol. The first-order valence-corrected chi connectivity index (χ1v) is 8.73. The van der Waals surface area contributed by atoms with Crippen molar-refractivity contribution in [1.82, 2.24) is 0 Å². The first kappa shape index (κ1) is 13.0. The number of para-hydroxylation sites is 1. The topological polar surface area (TPSA) is 26.3 Å². The lowest BCUT2D eigenvalue weighted by Gasteiger charge is -2.25. The Kier molecular flexibility index (Phi) is 3.28. The Hall–Kier alpha value is -1.65. The molecule has 1 aliphatic rings. The third kappa shape index (κ3) is 2.39. The smallest absolute Gasteiger partial charge is 0.173 e. The van der Waals surface area contributed by atoms with Crippen molar-refractivity contribution in [3.05, 3.63) is 52.2 Å². The molecule has 4 heteroatoms.